The van der Waals surface area contributed by atoms with E-state index in [9.17, 15) is 0 Å². The van der Waals surface area contributed by atoms with Crippen LogP contribution in [0.15, 0.2) is 18.2 Å². The maximum absolute atomic E-state index is 5.63. The zero-order valence-corrected chi connectivity index (χ0v) is 13.6. The monoisotopic (exact) mass is 314 g/mol. The van der Waals surface area contributed by atoms with Gasteiger partial charge in [0.15, 0.2) is 11.5 Å². The third kappa shape index (κ3) is 5.73. The van der Waals surface area contributed by atoms with Crippen molar-refractivity contribution >= 4 is 0 Å². The first-order chi connectivity index (χ1) is 9.83. The van der Waals surface area contributed by atoms with Crippen LogP contribution in [-0.2, 0) is 11.3 Å². The SMILES string of the molecule is CCOc1ccc(CNCC2CCCO2)cc1OCC.[Cl-]. The molecule has 0 aromatic heterocycles. The molecular formula is C16H25ClNO3-. The van der Waals surface area contributed by atoms with Gasteiger partial charge in [-0.15, -0.1) is 0 Å². The van der Waals surface area contributed by atoms with Crippen molar-refractivity contribution in [2.75, 3.05) is 26.4 Å². The summed E-state index contributed by atoms with van der Waals surface area (Å²) >= 11 is 0. The Morgan fingerprint density at radius 1 is 1.19 bits per heavy atom. The molecule has 1 aliphatic rings. The molecule has 1 N–H and O–H groups in total. The maximum Gasteiger partial charge on any atom is 0.161 e. The van der Waals surface area contributed by atoms with Crippen LogP contribution in [0.2, 0.25) is 0 Å². The van der Waals surface area contributed by atoms with Gasteiger partial charge in [-0.2, -0.15) is 0 Å². The number of halogens is 1. The van der Waals surface area contributed by atoms with Gasteiger partial charge in [0.1, 0.15) is 0 Å². The fourth-order valence-electron chi connectivity index (χ4n) is 2.39. The van der Waals surface area contributed by atoms with Gasteiger partial charge in [0.05, 0.1) is 19.3 Å². The van der Waals surface area contributed by atoms with Crippen molar-refractivity contribution in [2.24, 2.45) is 0 Å². The van der Waals surface area contributed by atoms with Crippen LogP contribution in [-0.4, -0.2) is 32.5 Å². The standard InChI is InChI=1S/C16H25NO3.ClH/c1-3-18-15-8-7-13(10-16(15)19-4-2)11-17-12-14-6-5-9-20-14;/h7-8,10,14,17H,3-6,9,11-12H2,1-2H3;1H/p-1. The molecule has 1 aromatic rings. The third-order valence-corrected chi connectivity index (χ3v) is 3.33. The molecule has 120 valence electrons. The Balaban J connectivity index is 0.00000220. The first-order valence-corrected chi connectivity index (χ1v) is 7.54. The Labute approximate surface area is 133 Å². The molecule has 1 unspecified atom stereocenters. The minimum absolute atomic E-state index is 0. The topological polar surface area (TPSA) is 39.7 Å². The number of hydrogen-bond acceptors (Lipinski definition) is 4. The van der Waals surface area contributed by atoms with E-state index < -0.39 is 0 Å². The lowest BCUT2D eigenvalue weighted by Crippen LogP contribution is -3.00. The molecule has 1 atom stereocenters. The number of hydrogen-bond donors (Lipinski definition) is 1. The molecule has 0 aliphatic carbocycles. The molecule has 0 radical (unpaired) electrons. The van der Waals surface area contributed by atoms with E-state index in [-0.39, 0.29) is 12.4 Å². The average molecular weight is 315 g/mol. The molecule has 21 heavy (non-hydrogen) atoms. The van der Waals surface area contributed by atoms with Crippen LogP contribution in [0.4, 0.5) is 0 Å². The summed E-state index contributed by atoms with van der Waals surface area (Å²) in [5, 5.41) is 3.44. The summed E-state index contributed by atoms with van der Waals surface area (Å²) in [5.74, 6) is 1.64. The Hall–Kier alpha value is -0.970. The molecule has 1 aliphatic heterocycles. The number of ether oxygens (including phenoxy) is 3. The van der Waals surface area contributed by atoms with Gasteiger partial charge in [-0.3, -0.25) is 0 Å². The van der Waals surface area contributed by atoms with Gasteiger partial charge in [-0.1, -0.05) is 6.07 Å². The molecule has 5 heteroatoms. The second-order valence-corrected chi connectivity index (χ2v) is 4.91. The van der Waals surface area contributed by atoms with E-state index >= 15 is 0 Å². The van der Waals surface area contributed by atoms with Crippen molar-refractivity contribution in [1.82, 2.24) is 5.32 Å². The summed E-state index contributed by atoms with van der Waals surface area (Å²) in [6, 6.07) is 6.12. The second kappa shape index (κ2) is 9.87. The maximum atomic E-state index is 5.63. The predicted molar refractivity (Wildman–Crippen MR) is 79.5 cm³/mol. The first kappa shape index (κ1) is 18.1. The van der Waals surface area contributed by atoms with Crippen LogP contribution in [0, 0.1) is 0 Å². The van der Waals surface area contributed by atoms with E-state index in [1.54, 1.807) is 0 Å². The van der Waals surface area contributed by atoms with Crippen molar-refractivity contribution in [1.29, 1.82) is 0 Å². The molecule has 1 fully saturated rings. The van der Waals surface area contributed by atoms with Crippen molar-refractivity contribution in [3.05, 3.63) is 23.8 Å². The third-order valence-electron chi connectivity index (χ3n) is 3.33. The van der Waals surface area contributed by atoms with E-state index in [0.29, 0.717) is 19.3 Å². The fraction of sp³-hybridized carbons (Fsp3) is 0.625. The largest absolute Gasteiger partial charge is 1.00 e. The summed E-state index contributed by atoms with van der Waals surface area (Å²) in [6.45, 7) is 7.90. The molecule has 0 saturated carbocycles. The van der Waals surface area contributed by atoms with Gasteiger partial charge in [0.25, 0.3) is 0 Å². The van der Waals surface area contributed by atoms with E-state index in [1.165, 1.54) is 18.4 Å². The Morgan fingerprint density at radius 3 is 2.62 bits per heavy atom. The van der Waals surface area contributed by atoms with Crippen LogP contribution in [0.5, 0.6) is 11.5 Å². The van der Waals surface area contributed by atoms with E-state index in [2.05, 4.69) is 17.4 Å². The van der Waals surface area contributed by atoms with Crippen molar-refractivity contribution in [3.63, 3.8) is 0 Å². The first-order valence-electron chi connectivity index (χ1n) is 7.54. The van der Waals surface area contributed by atoms with Gasteiger partial charge < -0.3 is 31.9 Å². The molecule has 1 heterocycles. The molecule has 0 spiro atoms. The van der Waals surface area contributed by atoms with Gasteiger partial charge >= 0.3 is 0 Å². The van der Waals surface area contributed by atoms with Gasteiger partial charge in [-0.25, -0.2) is 0 Å². The predicted octanol–water partition coefficient (Wildman–Crippen LogP) is -0.243. The molecule has 2 rings (SSSR count). The normalized spacial score (nSPS) is 17.3. The minimum atomic E-state index is 0. The highest BCUT2D eigenvalue weighted by atomic mass is 35.5. The van der Waals surface area contributed by atoms with Crippen molar-refractivity contribution in [2.45, 2.75) is 39.3 Å². The molecule has 1 aromatic carbocycles. The van der Waals surface area contributed by atoms with Gasteiger partial charge in [0, 0.05) is 19.7 Å². The fourth-order valence-corrected chi connectivity index (χ4v) is 2.39. The Bertz CT molecular complexity index is 409. The summed E-state index contributed by atoms with van der Waals surface area (Å²) in [6.07, 6.45) is 2.73. The van der Waals surface area contributed by atoms with Gasteiger partial charge in [0.2, 0.25) is 0 Å². The number of nitrogens with one attached hydrogen (secondary N) is 1. The zero-order chi connectivity index (χ0) is 14.2. The van der Waals surface area contributed by atoms with Crippen LogP contribution in [0.25, 0.3) is 0 Å². The van der Waals surface area contributed by atoms with Crippen molar-refractivity contribution in [3.8, 4) is 11.5 Å². The van der Waals surface area contributed by atoms with E-state index in [1.807, 2.05) is 19.9 Å². The zero-order valence-electron chi connectivity index (χ0n) is 12.9. The van der Waals surface area contributed by atoms with Crippen LogP contribution < -0.4 is 27.2 Å². The Morgan fingerprint density at radius 2 is 1.95 bits per heavy atom. The highest BCUT2D eigenvalue weighted by Crippen LogP contribution is 2.28. The van der Waals surface area contributed by atoms with E-state index in [4.69, 9.17) is 14.2 Å². The van der Waals surface area contributed by atoms with Crippen LogP contribution in [0.1, 0.15) is 32.3 Å². The lowest BCUT2D eigenvalue weighted by atomic mass is 10.2. The molecule has 1 saturated heterocycles. The summed E-state index contributed by atoms with van der Waals surface area (Å²) in [7, 11) is 0. The summed E-state index contributed by atoms with van der Waals surface area (Å²) < 4.78 is 16.8. The lowest BCUT2D eigenvalue weighted by molar-refractivity contribution is -0.00000646. The average Bonchev–Trinajstić information content (AvgIpc) is 2.95. The molecule has 0 amide bonds. The van der Waals surface area contributed by atoms with Crippen molar-refractivity contribution < 1.29 is 26.6 Å². The van der Waals surface area contributed by atoms with E-state index in [0.717, 1.165) is 31.2 Å². The molecule has 0 bridgehead atoms. The molecular weight excluding hydrogens is 290 g/mol. The van der Waals surface area contributed by atoms with Crippen LogP contribution >= 0.6 is 0 Å². The second-order valence-electron chi connectivity index (χ2n) is 4.91. The number of benzene rings is 1. The number of rotatable bonds is 8. The smallest absolute Gasteiger partial charge is 0.161 e. The quantitative estimate of drug-likeness (QED) is 0.719. The highest BCUT2D eigenvalue weighted by molar-refractivity contribution is 5.43. The minimum Gasteiger partial charge on any atom is -1.00 e. The van der Waals surface area contributed by atoms with Gasteiger partial charge in [-0.05, 0) is 44.4 Å². The lowest BCUT2D eigenvalue weighted by Gasteiger charge is -2.14. The van der Waals surface area contributed by atoms with Crippen LogP contribution in [0.3, 0.4) is 0 Å². The highest BCUT2D eigenvalue weighted by Gasteiger charge is 2.14. The molecule has 4 nitrogen and oxygen atoms in total. The summed E-state index contributed by atoms with van der Waals surface area (Å²) in [5.41, 5.74) is 1.20. The Kier molecular flexibility index (Phi) is 8.50. The summed E-state index contributed by atoms with van der Waals surface area (Å²) in [4.78, 5) is 0.